The Labute approximate surface area is 115 Å². The van der Waals surface area contributed by atoms with E-state index in [-0.39, 0.29) is 27.1 Å². The van der Waals surface area contributed by atoms with Gasteiger partial charge >= 0.3 is 0 Å². The van der Waals surface area contributed by atoms with Gasteiger partial charge in [0.05, 0.1) is 10.0 Å². The second kappa shape index (κ2) is 4.81. The summed E-state index contributed by atoms with van der Waals surface area (Å²) in [5.41, 5.74) is -0.273. The van der Waals surface area contributed by atoms with E-state index in [1.807, 2.05) is 0 Å². The van der Waals surface area contributed by atoms with Crippen molar-refractivity contribution in [1.29, 1.82) is 0 Å². The Morgan fingerprint density at radius 3 is 2.63 bits per heavy atom. The molecule has 7 nitrogen and oxygen atoms in total. The fourth-order valence-electron chi connectivity index (χ4n) is 1.73. The largest absolute Gasteiger partial charge is 0.507 e. The van der Waals surface area contributed by atoms with Gasteiger partial charge < -0.3 is 10.4 Å². The SMILES string of the molecule is O=C1C(NC[N+](=O)[O-])=C(Br)C(=O)c2c(O)cccc21. The van der Waals surface area contributed by atoms with E-state index >= 15 is 0 Å². The summed E-state index contributed by atoms with van der Waals surface area (Å²) in [6, 6.07) is 4.09. The minimum atomic E-state index is -0.683. The number of allylic oxidation sites excluding steroid dienone is 2. The van der Waals surface area contributed by atoms with Gasteiger partial charge in [-0.15, -0.1) is 0 Å². The second-order valence-corrected chi connectivity index (χ2v) is 4.51. The maximum Gasteiger partial charge on any atom is 0.275 e. The Hall–Kier alpha value is -2.22. The van der Waals surface area contributed by atoms with Gasteiger partial charge in [0, 0.05) is 10.5 Å². The normalized spacial score (nSPS) is 14.4. The molecule has 0 heterocycles. The lowest BCUT2D eigenvalue weighted by molar-refractivity contribution is -0.484. The number of phenolic OH excluding ortho intramolecular Hbond substituents is 1. The number of phenols is 1. The summed E-state index contributed by atoms with van der Waals surface area (Å²) < 4.78 is -0.131. The number of nitrogens with one attached hydrogen (secondary N) is 1. The molecule has 0 saturated heterocycles. The summed E-state index contributed by atoms with van der Waals surface area (Å²) >= 11 is 2.93. The third-order valence-electron chi connectivity index (χ3n) is 2.54. The van der Waals surface area contributed by atoms with Crippen LogP contribution in [0, 0.1) is 10.1 Å². The Bertz CT molecular complexity index is 638. The second-order valence-electron chi connectivity index (χ2n) is 3.71. The van der Waals surface area contributed by atoms with E-state index in [0.717, 1.165) is 0 Å². The zero-order valence-electron chi connectivity index (χ0n) is 9.34. The highest BCUT2D eigenvalue weighted by Gasteiger charge is 2.33. The zero-order valence-corrected chi connectivity index (χ0v) is 10.9. The summed E-state index contributed by atoms with van der Waals surface area (Å²) in [6.07, 6.45) is 0. The molecule has 0 saturated carbocycles. The lowest BCUT2D eigenvalue weighted by atomic mass is 9.92. The highest BCUT2D eigenvalue weighted by atomic mass is 79.9. The number of hydrogen-bond donors (Lipinski definition) is 2. The predicted molar refractivity (Wildman–Crippen MR) is 67.7 cm³/mol. The van der Waals surface area contributed by atoms with Crippen molar-refractivity contribution in [1.82, 2.24) is 5.32 Å². The number of ketones is 2. The van der Waals surface area contributed by atoms with Crippen LogP contribution < -0.4 is 5.32 Å². The smallest absolute Gasteiger partial charge is 0.275 e. The van der Waals surface area contributed by atoms with Crippen LogP contribution >= 0.6 is 15.9 Å². The number of nitrogens with zero attached hydrogens (tertiary/aromatic N) is 1. The van der Waals surface area contributed by atoms with Crippen molar-refractivity contribution in [3.05, 3.63) is 49.6 Å². The minimum Gasteiger partial charge on any atom is -0.507 e. The van der Waals surface area contributed by atoms with Crippen molar-refractivity contribution in [2.75, 3.05) is 6.67 Å². The third kappa shape index (κ3) is 2.22. The highest BCUT2D eigenvalue weighted by molar-refractivity contribution is 9.12. The fourth-order valence-corrected chi connectivity index (χ4v) is 2.25. The Morgan fingerprint density at radius 1 is 1.32 bits per heavy atom. The standard InChI is InChI=1S/C11H7BrN2O5/c12-8-9(13-4-14(18)19)10(16)5-2-1-3-6(15)7(5)11(8)17/h1-3,13,15H,4H2. The molecule has 2 rings (SSSR count). The molecule has 0 fully saturated rings. The Balaban J connectivity index is 2.50. The molecule has 0 spiro atoms. The first-order chi connectivity index (χ1) is 8.93. The van der Waals surface area contributed by atoms with Gasteiger partial charge in [0.25, 0.3) is 6.67 Å². The molecule has 0 aromatic heterocycles. The van der Waals surface area contributed by atoms with Gasteiger partial charge in [-0.25, -0.2) is 0 Å². The molecule has 0 bridgehead atoms. The zero-order chi connectivity index (χ0) is 14.2. The molecule has 0 unspecified atom stereocenters. The molecular formula is C11H7BrN2O5. The van der Waals surface area contributed by atoms with Crippen LogP contribution in [-0.2, 0) is 0 Å². The first-order valence-electron chi connectivity index (χ1n) is 5.10. The number of aromatic hydroxyl groups is 1. The first kappa shape index (κ1) is 13.2. The lowest BCUT2D eigenvalue weighted by Crippen LogP contribution is -2.31. The molecule has 0 amide bonds. The molecule has 1 aromatic carbocycles. The van der Waals surface area contributed by atoms with Gasteiger partial charge in [-0.3, -0.25) is 19.7 Å². The fraction of sp³-hybridized carbons (Fsp3) is 0.0909. The van der Waals surface area contributed by atoms with Gasteiger partial charge in [-0.05, 0) is 28.1 Å². The van der Waals surface area contributed by atoms with Crippen LogP contribution in [0.3, 0.4) is 0 Å². The number of rotatable bonds is 3. The van der Waals surface area contributed by atoms with Gasteiger partial charge in [0.15, 0.2) is 0 Å². The van der Waals surface area contributed by atoms with E-state index in [0.29, 0.717) is 0 Å². The molecule has 1 aliphatic rings. The van der Waals surface area contributed by atoms with E-state index in [4.69, 9.17) is 0 Å². The summed E-state index contributed by atoms with van der Waals surface area (Å²) in [4.78, 5) is 33.8. The molecule has 1 aliphatic carbocycles. The number of Topliss-reactive ketones (excluding diaryl/α,β-unsaturated/α-hetero) is 2. The van der Waals surface area contributed by atoms with Crippen LogP contribution in [0.5, 0.6) is 5.75 Å². The van der Waals surface area contributed by atoms with E-state index in [9.17, 15) is 24.8 Å². The molecule has 98 valence electrons. The van der Waals surface area contributed by atoms with Gasteiger partial charge in [-0.1, -0.05) is 6.07 Å². The summed E-state index contributed by atoms with van der Waals surface area (Å²) in [5, 5.41) is 22.2. The summed E-state index contributed by atoms with van der Waals surface area (Å²) in [5.74, 6) is -1.49. The quantitative estimate of drug-likeness (QED) is 0.490. The number of benzene rings is 1. The molecule has 0 radical (unpaired) electrons. The van der Waals surface area contributed by atoms with Crippen LogP contribution in [0.2, 0.25) is 0 Å². The monoisotopic (exact) mass is 326 g/mol. The van der Waals surface area contributed by atoms with Crippen molar-refractivity contribution in [3.63, 3.8) is 0 Å². The highest BCUT2D eigenvalue weighted by Crippen LogP contribution is 2.33. The first-order valence-corrected chi connectivity index (χ1v) is 5.89. The van der Waals surface area contributed by atoms with E-state index in [1.165, 1.54) is 18.2 Å². The Kier molecular flexibility index (Phi) is 3.34. The van der Waals surface area contributed by atoms with Gasteiger partial charge in [-0.2, -0.15) is 0 Å². The van der Waals surface area contributed by atoms with E-state index < -0.39 is 23.2 Å². The third-order valence-corrected chi connectivity index (χ3v) is 3.30. The van der Waals surface area contributed by atoms with E-state index in [1.54, 1.807) is 0 Å². The lowest BCUT2D eigenvalue weighted by Gasteiger charge is -2.18. The van der Waals surface area contributed by atoms with Crippen molar-refractivity contribution >= 4 is 27.5 Å². The van der Waals surface area contributed by atoms with Gasteiger partial charge in [0.1, 0.15) is 11.4 Å². The number of fused-ring (bicyclic) bond motifs is 1. The number of carbonyl (C=O) groups excluding carboxylic acids is 2. The molecule has 19 heavy (non-hydrogen) atoms. The predicted octanol–water partition coefficient (Wildman–Crippen LogP) is 1.20. The molecular weight excluding hydrogens is 320 g/mol. The average Bonchev–Trinajstić information content (AvgIpc) is 2.35. The van der Waals surface area contributed by atoms with Crippen LogP contribution in [0.4, 0.5) is 0 Å². The van der Waals surface area contributed by atoms with Crippen molar-refractivity contribution in [2.45, 2.75) is 0 Å². The average molecular weight is 327 g/mol. The van der Waals surface area contributed by atoms with Crippen LogP contribution in [0.25, 0.3) is 0 Å². The molecule has 8 heteroatoms. The summed E-state index contributed by atoms with van der Waals surface area (Å²) in [6.45, 7) is -0.683. The molecule has 2 N–H and O–H groups in total. The van der Waals surface area contributed by atoms with Crippen molar-refractivity contribution < 1.29 is 19.6 Å². The summed E-state index contributed by atoms with van der Waals surface area (Å²) in [7, 11) is 0. The molecule has 0 aliphatic heterocycles. The van der Waals surface area contributed by atoms with Gasteiger partial charge in [0.2, 0.25) is 11.6 Å². The molecule has 0 atom stereocenters. The topological polar surface area (TPSA) is 110 Å². The molecule has 1 aromatic rings. The number of hydrogen-bond acceptors (Lipinski definition) is 6. The number of carbonyl (C=O) groups is 2. The number of halogens is 1. The van der Waals surface area contributed by atoms with Crippen LogP contribution in [0.1, 0.15) is 20.7 Å². The number of nitro groups is 1. The minimum absolute atomic E-state index is 0.0130. The Morgan fingerprint density at radius 2 is 2.00 bits per heavy atom. The van der Waals surface area contributed by atoms with Crippen molar-refractivity contribution in [2.24, 2.45) is 0 Å². The van der Waals surface area contributed by atoms with Crippen LogP contribution in [-0.4, -0.2) is 28.3 Å². The maximum atomic E-state index is 12.1. The van der Waals surface area contributed by atoms with E-state index in [2.05, 4.69) is 21.2 Å². The maximum absolute atomic E-state index is 12.1. The van der Waals surface area contributed by atoms with Crippen LogP contribution in [0.15, 0.2) is 28.4 Å². The van der Waals surface area contributed by atoms with Crippen molar-refractivity contribution in [3.8, 4) is 5.75 Å².